The Morgan fingerprint density at radius 3 is 2.75 bits per heavy atom. The van der Waals surface area contributed by atoms with Gasteiger partial charge < -0.3 is 10.1 Å². The molecule has 1 amide bonds. The first-order valence-corrected chi connectivity index (χ1v) is 7.63. The molecule has 1 N–H and O–H groups in total. The van der Waals surface area contributed by atoms with Gasteiger partial charge in [-0.05, 0) is 30.2 Å². The van der Waals surface area contributed by atoms with Crippen molar-refractivity contribution in [3.05, 3.63) is 41.3 Å². The molecule has 1 aromatic carbocycles. The molecule has 0 bridgehead atoms. The van der Waals surface area contributed by atoms with E-state index in [9.17, 15) is 14.0 Å². The van der Waals surface area contributed by atoms with Gasteiger partial charge >= 0.3 is 5.97 Å². The van der Waals surface area contributed by atoms with Gasteiger partial charge in [0.15, 0.2) is 0 Å². The molecule has 128 valence electrons. The molecule has 0 spiro atoms. The Labute approximate surface area is 139 Å². The highest BCUT2D eigenvalue weighted by Crippen LogP contribution is 2.25. The Bertz CT molecular complexity index is 756. The van der Waals surface area contributed by atoms with Gasteiger partial charge in [-0.15, -0.1) is 0 Å². The smallest absolute Gasteiger partial charge is 0.307 e. The lowest BCUT2D eigenvalue weighted by molar-refractivity contribution is -0.140. The molecule has 24 heavy (non-hydrogen) atoms. The minimum Gasteiger partial charge on any atom is -0.469 e. The van der Waals surface area contributed by atoms with Crippen LogP contribution in [0.15, 0.2) is 24.4 Å². The third-order valence-electron chi connectivity index (χ3n) is 3.67. The number of nitrogens with zero attached hydrogens (tertiary/aromatic N) is 2. The summed E-state index contributed by atoms with van der Waals surface area (Å²) < 4.78 is 20.1. The maximum absolute atomic E-state index is 14.0. The monoisotopic (exact) mass is 333 g/mol. The maximum atomic E-state index is 14.0. The second-order valence-corrected chi connectivity index (χ2v) is 5.31. The van der Waals surface area contributed by atoms with Gasteiger partial charge in [0.05, 0.1) is 25.4 Å². The minimum absolute atomic E-state index is 0.0616. The van der Waals surface area contributed by atoms with Crippen LogP contribution < -0.4 is 5.32 Å². The number of carbonyl (C=O) groups excluding carboxylic acids is 2. The van der Waals surface area contributed by atoms with Crippen molar-refractivity contribution in [2.45, 2.75) is 19.8 Å². The number of aromatic nitrogens is 2. The molecule has 7 heteroatoms. The molecule has 0 radical (unpaired) electrons. The number of hydrogen-bond donors (Lipinski definition) is 1. The van der Waals surface area contributed by atoms with E-state index in [1.165, 1.54) is 19.2 Å². The number of carbonyl (C=O) groups is 2. The van der Waals surface area contributed by atoms with Crippen LogP contribution in [0.4, 0.5) is 4.39 Å². The van der Waals surface area contributed by atoms with E-state index in [-0.39, 0.29) is 18.5 Å². The molecule has 6 nitrogen and oxygen atoms in total. The lowest BCUT2D eigenvalue weighted by Crippen LogP contribution is -2.26. The van der Waals surface area contributed by atoms with Crippen LogP contribution in [0.25, 0.3) is 11.3 Å². The molecule has 0 saturated carbocycles. The molecule has 0 fully saturated rings. The van der Waals surface area contributed by atoms with Crippen LogP contribution in [0.1, 0.15) is 29.3 Å². The summed E-state index contributed by atoms with van der Waals surface area (Å²) in [6.45, 7) is 2.11. The fourth-order valence-electron chi connectivity index (χ4n) is 2.45. The van der Waals surface area contributed by atoms with E-state index in [1.807, 2.05) is 6.92 Å². The number of rotatable bonds is 6. The van der Waals surface area contributed by atoms with E-state index >= 15 is 0 Å². The Kier molecular flexibility index (Phi) is 5.68. The molecule has 0 aliphatic carbocycles. The minimum atomic E-state index is -0.506. The highest BCUT2D eigenvalue weighted by Gasteiger charge is 2.15. The number of hydrogen-bond acceptors (Lipinski definition) is 4. The Balaban J connectivity index is 2.24. The van der Waals surface area contributed by atoms with E-state index in [4.69, 9.17) is 0 Å². The number of halogens is 1. The average molecular weight is 333 g/mol. The summed E-state index contributed by atoms with van der Waals surface area (Å²) in [5, 5.41) is 6.77. The van der Waals surface area contributed by atoms with Gasteiger partial charge in [-0.1, -0.05) is 6.92 Å². The molecule has 0 aliphatic heterocycles. The number of amides is 1. The SMILES string of the molecule is CCc1cnn(C)c1-c1cc(F)cc(C(=O)NCCC(=O)OC)c1. The third kappa shape index (κ3) is 3.98. The summed E-state index contributed by atoms with van der Waals surface area (Å²) in [6, 6.07) is 4.16. The van der Waals surface area contributed by atoms with Crippen molar-refractivity contribution in [2.75, 3.05) is 13.7 Å². The zero-order valence-electron chi connectivity index (χ0n) is 13.9. The normalized spacial score (nSPS) is 10.5. The molecule has 1 aromatic heterocycles. The predicted octanol–water partition coefficient (Wildman–Crippen LogP) is 2.08. The summed E-state index contributed by atoms with van der Waals surface area (Å²) in [5.74, 6) is -1.37. The highest BCUT2D eigenvalue weighted by molar-refractivity contribution is 5.95. The number of ether oxygens (including phenoxy) is 1. The summed E-state index contributed by atoms with van der Waals surface area (Å²) in [7, 11) is 3.05. The van der Waals surface area contributed by atoms with Gasteiger partial charge in [0.1, 0.15) is 5.82 Å². The van der Waals surface area contributed by atoms with Gasteiger partial charge in [-0.2, -0.15) is 5.10 Å². The van der Waals surface area contributed by atoms with Crippen LogP contribution in [0.3, 0.4) is 0 Å². The Hall–Kier alpha value is -2.70. The maximum Gasteiger partial charge on any atom is 0.307 e. The molecule has 0 saturated heterocycles. The molecule has 1 heterocycles. The quantitative estimate of drug-likeness (QED) is 0.822. The standard InChI is InChI=1S/C17H20FN3O3/c1-4-11-10-20-21(2)16(11)12-7-13(9-14(18)8-12)17(23)19-6-5-15(22)24-3/h7-10H,4-6H2,1-3H3,(H,19,23). The molecular formula is C17H20FN3O3. The van der Waals surface area contributed by atoms with Crippen LogP contribution in [0.5, 0.6) is 0 Å². The van der Waals surface area contributed by atoms with Crippen molar-refractivity contribution >= 4 is 11.9 Å². The van der Waals surface area contributed by atoms with E-state index in [1.54, 1.807) is 24.0 Å². The lowest BCUT2D eigenvalue weighted by Gasteiger charge is -2.09. The summed E-state index contributed by atoms with van der Waals surface area (Å²) in [5.41, 5.74) is 2.53. The van der Waals surface area contributed by atoms with Crippen molar-refractivity contribution in [1.29, 1.82) is 0 Å². The van der Waals surface area contributed by atoms with Crippen molar-refractivity contribution < 1.29 is 18.7 Å². The van der Waals surface area contributed by atoms with Crippen molar-refractivity contribution in [3.8, 4) is 11.3 Å². The molecule has 0 atom stereocenters. The van der Waals surface area contributed by atoms with E-state index in [0.717, 1.165) is 17.7 Å². The topological polar surface area (TPSA) is 73.2 Å². The lowest BCUT2D eigenvalue weighted by atomic mass is 10.0. The molecule has 2 aromatic rings. The van der Waals surface area contributed by atoms with Crippen molar-refractivity contribution in [2.24, 2.45) is 7.05 Å². The third-order valence-corrected chi connectivity index (χ3v) is 3.67. The number of benzene rings is 1. The summed E-state index contributed by atoms with van der Waals surface area (Å²) in [4.78, 5) is 23.2. The van der Waals surface area contributed by atoms with Crippen LogP contribution in [-0.4, -0.2) is 35.3 Å². The number of esters is 1. The zero-order chi connectivity index (χ0) is 17.7. The molecule has 0 aliphatic rings. The van der Waals surface area contributed by atoms with Gasteiger partial charge in [-0.25, -0.2) is 4.39 Å². The van der Waals surface area contributed by atoms with Gasteiger partial charge in [-0.3, -0.25) is 14.3 Å². The number of aryl methyl sites for hydroxylation is 2. The molecule has 2 rings (SSSR count). The fourth-order valence-corrected chi connectivity index (χ4v) is 2.45. The first-order valence-electron chi connectivity index (χ1n) is 7.63. The first kappa shape index (κ1) is 17.7. The largest absolute Gasteiger partial charge is 0.469 e. The summed E-state index contributed by atoms with van der Waals surface area (Å²) in [6.07, 6.45) is 2.54. The van der Waals surface area contributed by atoms with Crippen molar-refractivity contribution in [3.63, 3.8) is 0 Å². The van der Waals surface area contributed by atoms with Gasteiger partial charge in [0, 0.05) is 24.7 Å². The average Bonchev–Trinajstić information content (AvgIpc) is 2.94. The van der Waals surface area contributed by atoms with Gasteiger partial charge in [0.25, 0.3) is 5.91 Å². The summed E-state index contributed by atoms with van der Waals surface area (Å²) >= 11 is 0. The van der Waals surface area contributed by atoms with Crippen LogP contribution in [0.2, 0.25) is 0 Å². The van der Waals surface area contributed by atoms with Crippen molar-refractivity contribution in [1.82, 2.24) is 15.1 Å². The number of methoxy groups -OCH3 is 1. The molecular weight excluding hydrogens is 313 g/mol. The zero-order valence-corrected chi connectivity index (χ0v) is 13.9. The van der Waals surface area contributed by atoms with E-state index < -0.39 is 17.7 Å². The van der Waals surface area contributed by atoms with Gasteiger partial charge in [0.2, 0.25) is 0 Å². The Morgan fingerprint density at radius 2 is 2.08 bits per heavy atom. The predicted molar refractivity (Wildman–Crippen MR) is 86.9 cm³/mol. The number of nitrogens with one attached hydrogen (secondary N) is 1. The highest BCUT2D eigenvalue weighted by atomic mass is 19.1. The van der Waals surface area contributed by atoms with Crippen LogP contribution in [-0.2, 0) is 23.0 Å². The second-order valence-electron chi connectivity index (χ2n) is 5.31. The second kappa shape index (κ2) is 7.72. The molecule has 0 unspecified atom stereocenters. The van der Waals surface area contributed by atoms with E-state index in [0.29, 0.717) is 5.56 Å². The fraction of sp³-hybridized carbons (Fsp3) is 0.353. The first-order chi connectivity index (χ1) is 11.5. The Morgan fingerprint density at radius 1 is 1.33 bits per heavy atom. The van der Waals surface area contributed by atoms with E-state index in [2.05, 4.69) is 15.2 Å². The van der Waals surface area contributed by atoms with Crippen LogP contribution >= 0.6 is 0 Å². The van der Waals surface area contributed by atoms with Crippen LogP contribution in [0, 0.1) is 5.82 Å².